The third-order valence-corrected chi connectivity index (χ3v) is 2.61. The van der Waals surface area contributed by atoms with Gasteiger partial charge in [-0.25, -0.2) is 0 Å². The standard InChI is InChI=1S/C13H13NO/c1-14-13(9-15)12-8-4-6-10-5-2-3-7-11(10)12/h2-9,13-14H,1H3. The zero-order chi connectivity index (χ0) is 10.7. The molecule has 15 heavy (non-hydrogen) atoms. The van der Waals surface area contributed by atoms with Crippen LogP contribution in [0, 0.1) is 0 Å². The van der Waals surface area contributed by atoms with Crippen molar-refractivity contribution in [1.29, 1.82) is 0 Å². The Morgan fingerprint density at radius 2 is 1.87 bits per heavy atom. The monoisotopic (exact) mass is 199 g/mol. The summed E-state index contributed by atoms with van der Waals surface area (Å²) in [5.74, 6) is 0. The van der Waals surface area contributed by atoms with Gasteiger partial charge in [0.1, 0.15) is 6.29 Å². The van der Waals surface area contributed by atoms with E-state index in [9.17, 15) is 4.79 Å². The molecule has 0 aliphatic heterocycles. The summed E-state index contributed by atoms with van der Waals surface area (Å²) in [6, 6.07) is 13.9. The fourth-order valence-electron chi connectivity index (χ4n) is 1.82. The van der Waals surface area contributed by atoms with Crippen LogP contribution in [-0.2, 0) is 4.79 Å². The van der Waals surface area contributed by atoms with Crippen LogP contribution in [0.3, 0.4) is 0 Å². The Labute approximate surface area is 88.9 Å². The lowest BCUT2D eigenvalue weighted by Crippen LogP contribution is -2.17. The molecule has 0 amide bonds. The highest BCUT2D eigenvalue weighted by Crippen LogP contribution is 2.22. The van der Waals surface area contributed by atoms with Crippen LogP contribution in [0.4, 0.5) is 0 Å². The Hall–Kier alpha value is -1.67. The van der Waals surface area contributed by atoms with Gasteiger partial charge < -0.3 is 10.1 Å². The molecule has 0 saturated heterocycles. The van der Waals surface area contributed by atoms with Crippen LogP contribution < -0.4 is 5.32 Å². The van der Waals surface area contributed by atoms with E-state index < -0.39 is 0 Å². The quantitative estimate of drug-likeness (QED) is 0.768. The first-order chi connectivity index (χ1) is 7.36. The fourth-order valence-corrected chi connectivity index (χ4v) is 1.82. The molecule has 1 N–H and O–H groups in total. The molecule has 76 valence electrons. The van der Waals surface area contributed by atoms with E-state index in [0.29, 0.717) is 0 Å². The first kappa shape index (κ1) is 9.87. The first-order valence-electron chi connectivity index (χ1n) is 4.97. The summed E-state index contributed by atoms with van der Waals surface area (Å²) < 4.78 is 0. The van der Waals surface area contributed by atoms with Crippen LogP contribution in [-0.4, -0.2) is 13.3 Å². The second-order valence-electron chi connectivity index (χ2n) is 3.47. The molecule has 0 bridgehead atoms. The summed E-state index contributed by atoms with van der Waals surface area (Å²) >= 11 is 0. The van der Waals surface area contributed by atoms with Crippen molar-refractivity contribution >= 4 is 17.1 Å². The number of nitrogens with one attached hydrogen (secondary N) is 1. The second-order valence-corrected chi connectivity index (χ2v) is 3.47. The Morgan fingerprint density at radius 1 is 1.13 bits per heavy atom. The Balaban J connectivity index is 2.64. The van der Waals surface area contributed by atoms with Gasteiger partial charge in [-0.15, -0.1) is 0 Å². The van der Waals surface area contributed by atoms with E-state index in [2.05, 4.69) is 17.4 Å². The van der Waals surface area contributed by atoms with Gasteiger partial charge in [-0.3, -0.25) is 0 Å². The molecule has 2 heteroatoms. The Kier molecular flexibility index (Phi) is 2.79. The zero-order valence-electron chi connectivity index (χ0n) is 8.60. The van der Waals surface area contributed by atoms with Gasteiger partial charge in [-0.1, -0.05) is 42.5 Å². The molecule has 2 aromatic rings. The maximum atomic E-state index is 10.9. The minimum absolute atomic E-state index is 0.226. The summed E-state index contributed by atoms with van der Waals surface area (Å²) in [4.78, 5) is 10.9. The highest BCUT2D eigenvalue weighted by atomic mass is 16.1. The predicted molar refractivity (Wildman–Crippen MR) is 61.8 cm³/mol. The van der Waals surface area contributed by atoms with Crippen molar-refractivity contribution < 1.29 is 4.79 Å². The van der Waals surface area contributed by atoms with Crippen LogP contribution in [0.15, 0.2) is 42.5 Å². The molecule has 2 nitrogen and oxygen atoms in total. The number of benzene rings is 2. The van der Waals surface area contributed by atoms with Crippen molar-refractivity contribution in [3.8, 4) is 0 Å². The zero-order valence-corrected chi connectivity index (χ0v) is 8.60. The molecule has 2 aromatic carbocycles. The van der Waals surface area contributed by atoms with Gasteiger partial charge in [0.15, 0.2) is 0 Å². The van der Waals surface area contributed by atoms with Gasteiger partial charge in [0.2, 0.25) is 0 Å². The van der Waals surface area contributed by atoms with Crippen LogP contribution >= 0.6 is 0 Å². The number of hydrogen-bond acceptors (Lipinski definition) is 2. The number of carbonyl (C=O) groups excluding carboxylic acids is 1. The summed E-state index contributed by atoms with van der Waals surface area (Å²) in [5, 5.41) is 5.29. The molecule has 0 saturated carbocycles. The lowest BCUT2D eigenvalue weighted by atomic mass is 10.00. The van der Waals surface area contributed by atoms with E-state index in [0.717, 1.165) is 22.6 Å². The molecule has 0 aromatic heterocycles. The van der Waals surface area contributed by atoms with E-state index in [1.54, 1.807) is 7.05 Å². The summed E-state index contributed by atoms with van der Waals surface area (Å²) in [6.45, 7) is 0. The van der Waals surface area contributed by atoms with Crippen LogP contribution in [0.2, 0.25) is 0 Å². The molecule has 0 spiro atoms. The van der Waals surface area contributed by atoms with E-state index in [-0.39, 0.29) is 6.04 Å². The van der Waals surface area contributed by atoms with Gasteiger partial charge in [-0.05, 0) is 23.4 Å². The Morgan fingerprint density at radius 3 is 2.60 bits per heavy atom. The Bertz CT molecular complexity index is 473. The molecule has 0 aliphatic carbocycles. The first-order valence-corrected chi connectivity index (χ1v) is 4.97. The molecule has 0 fully saturated rings. The second kappa shape index (κ2) is 4.24. The molecule has 0 heterocycles. The van der Waals surface area contributed by atoms with E-state index >= 15 is 0 Å². The van der Waals surface area contributed by atoms with Crippen molar-refractivity contribution in [1.82, 2.24) is 5.32 Å². The van der Waals surface area contributed by atoms with Gasteiger partial charge in [0.25, 0.3) is 0 Å². The molecule has 0 radical (unpaired) electrons. The summed E-state index contributed by atoms with van der Waals surface area (Å²) in [6.07, 6.45) is 0.932. The third-order valence-electron chi connectivity index (χ3n) is 2.61. The summed E-state index contributed by atoms with van der Waals surface area (Å²) in [7, 11) is 1.79. The maximum Gasteiger partial charge on any atom is 0.141 e. The average molecular weight is 199 g/mol. The van der Waals surface area contributed by atoms with Crippen molar-refractivity contribution in [3.05, 3.63) is 48.0 Å². The summed E-state index contributed by atoms with van der Waals surface area (Å²) in [5.41, 5.74) is 1.03. The minimum atomic E-state index is -0.226. The number of rotatable bonds is 3. The van der Waals surface area contributed by atoms with Crippen molar-refractivity contribution in [2.24, 2.45) is 0 Å². The van der Waals surface area contributed by atoms with E-state index in [1.165, 1.54) is 0 Å². The lowest BCUT2D eigenvalue weighted by Gasteiger charge is -2.12. The van der Waals surface area contributed by atoms with E-state index in [4.69, 9.17) is 0 Å². The highest BCUT2D eigenvalue weighted by molar-refractivity contribution is 5.88. The maximum absolute atomic E-state index is 10.9. The largest absolute Gasteiger partial charge is 0.307 e. The van der Waals surface area contributed by atoms with Gasteiger partial charge in [0.05, 0.1) is 6.04 Å². The number of aldehydes is 1. The van der Waals surface area contributed by atoms with Crippen LogP contribution in [0.1, 0.15) is 11.6 Å². The molecule has 1 unspecified atom stereocenters. The van der Waals surface area contributed by atoms with Gasteiger partial charge in [0, 0.05) is 0 Å². The lowest BCUT2D eigenvalue weighted by molar-refractivity contribution is -0.109. The average Bonchev–Trinajstić information content (AvgIpc) is 2.31. The number of hydrogen-bond donors (Lipinski definition) is 1. The molecular weight excluding hydrogens is 186 g/mol. The van der Waals surface area contributed by atoms with Crippen molar-refractivity contribution in [2.45, 2.75) is 6.04 Å². The van der Waals surface area contributed by atoms with Crippen molar-refractivity contribution in [3.63, 3.8) is 0 Å². The number of fused-ring (bicyclic) bond motifs is 1. The fraction of sp³-hybridized carbons (Fsp3) is 0.154. The predicted octanol–water partition coefficient (Wildman–Crippen LogP) is 2.30. The number of likely N-dealkylation sites (N-methyl/N-ethyl adjacent to an activating group) is 1. The minimum Gasteiger partial charge on any atom is -0.307 e. The molecule has 1 atom stereocenters. The molecule has 2 rings (SSSR count). The normalized spacial score (nSPS) is 12.6. The smallest absolute Gasteiger partial charge is 0.141 e. The van der Waals surface area contributed by atoms with Crippen molar-refractivity contribution in [2.75, 3.05) is 7.05 Å². The molecule has 0 aliphatic rings. The third kappa shape index (κ3) is 1.76. The van der Waals surface area contributed by atoms with Crippen LogP contribution in [0.25, 0.3) is 10.8 Å². The van der Waals surface area contributed by atoms with Gasteiger partial charge >= 0.3 is 0 Å². The van der Waals surface area contributed by atoms with E-state index in [1.807, 2.05) is 30.3 Å². The van der Waals surface area contributed by atoms with Gasteiger partial charge in [-0.2, -0.15) is 0 Å². The SMILES string of the molecule is CNC(C=O)c1cccc2ccccc12. The molecular formula is C13H13NO. The highest BCUT2D eigenvalue weighted by Gasteiger charge is 2.09. The van der Waals surface area contributed by atoms with Crippen LogP contribution in [0.5, 0.6) is 0 Å². The topological polar surface area (TPSA) is 29.1 Å². The number of carbonyl (C=O) groups is 1.